The number of ether oxygens (including phenoxy) is 1. The van der Waals surface area contributed by atoms with Crippen molar-refractivity contribution < 1.29 is 19.2 Å². The van der Waals surface area contributed by atoms with Gasteiger partial charge in [0.25, 0.3) is 5.91 Å². The van der Waals surface area contributed by atoms with Gasteiger partial charge in [0.2, 0.25) is 0 Å². The van der Waals surface area contributed by atoms with E-state index in [4.69, 9.17) is 9.57 Å². The van der Waals surface area contributed by atoms with Crippen LogP contribution >= 0.6 is 0 Å². The summed E-state index contributed by atoms with van der Waals surface area (Å²) in [5, 5.41) is 1.09. The summed E-state index contributed by atoms with van der Waals surface area (Å²) in [6, 6.07) is 0. The molecule has 0 aromatic rings. The monoisotopic (exact) mass is 201 g/mol. The van der Waals surface area contributed by atoms with Crippen molar-refractivity contribution in [3.8, 4) is 0 Å². The molecule has 1 heterocycles. The second-order valence-corrected chi connectivity index (χ2v) is 3.29. The van der Waals surface area contributed by atoms with Gasteiger partial charge in [0.1, 0.15) is 6.61 Å². The molecule has 0 spiro atoms. The van der Waals surface area contributed by atoms with Crippen LogP contribution in [0.25, 0.3) is 0 Å². The molecule has 0 unspecified atom stereocenters. The summed E-state index contributed by atoms with van der Waals surface area (Å²) >= 11 is 0. The third-order valence-electron chi connectivity index (χ3n) is 1.86. The molecule has 5 heteroatoms. The van der Waals surface area contributed by atoms with Gasteiger partial charge >= 0.3 is 5.97 Å². The van der Waals surface area contributed by atoms with Gasteiger partial charge in [-0.25, -0.2) is 4.79 Å². The lowest BCUT2D eigenvalue weighted by Crippen LogP contribution is -2.46. The molecule has 1 aliphatic rings. The largest absolute Gasteiger partial charge is 0.367 e. The van der Waals surface area contributed by atoms with Gasteiger partial charge in [0, 0.05) is 6.42 Å². The molecule has 0 saturated carbocycles. The Bertz CT molecular complexity index is 229. The Morgan fingerprint density at radius 1 is 1.71 bits per heavy atom. The molecule has 0 aromatic heterocycles. The van der Waals surface area contributed by atoms with Gasteiger partial charge < -0.3 is 9.57 Å². The quantitative estimate of drug-likeness (QED) is 0.667. The molecule has 5 nitrogen and oxygen atoms in total. The van der Waals surface area contributed by atoms with Crippen molar-refractivity contribution in [2.45, 2.75) is 32.8 Å². The molecule has 1 amide bonds. The molecule has 80 valence electrons. The minimum atomic E-state index is -0.366. The van der Waals surface area contributed by atoms with Gasteiger partial charge in [-0.15, -0.1) is 0 Å². The van der Waals surface area contributed by atoms with Crippen LogP contribution in [0.4, 0.5) is 0 Å². The number of hydrogen-bond donors (Lipinski definition) is 0. The Morgan fingerprint density at radius 3 is 3.07 bits per heavy atom. The van der Waals surface area contributed by atoms with Crippen molar-refractivity contribution in [2.75, 3.05) is 13.2 Å². The van der Waals surface area contributed by atoms with Gasteiger partial charge in [0.05, 0.1) is 12.6 Å². The van der Waals surface area contributed by atoms with E-state index in [9.17, 15) is 9.59 Å². The molecule has 0 bridgehead atoms. The Balaban J connectivity index is 2.41. The van der Waals surface area contributed by atoms with E-state index in [1.807, 2.05) is 13.8 Å². The lowest BCUT2D eigenvalue weighted by Gasteiger charge is -2.28. The summed E-state index contributed by atoms with van der Waals surface area (Å²) < 4.78 is 5.08. The molecule has 1 rings (SSSR count). The van der Waals surface area contributed by atoms with E-state index in [1.54, 1.807) is 0 Å². The van der Waals surface area contributed by atoms with E-state index in [-0.39, 0.29) is 24.6 Å². The number of nitrogens with zero attached hydrogens (tertiary/aromatic N) is 1. The summed E-state index contributed by atoms with van der Waals surface area (Å²) in [7, 11) is 0. The van der Waals surface area contributed by atoms with Crippen molar-refractivity contribution in [3.05, 3.63) is 0 Å². The Labute approximate surface area is 82.9 Å². The summed E-state index contributed by atoms with van der Waals surface area (Å²) in [6.45, 7) is 4.01. The zero-order chi connectivity index (χ0) is 10.6. The second-order valence-electron chi connectivity index (χ2n) is 3.29. The standard InChI is InChI=1S/C9H15NO4/c1-3-4-9(12)14-10-5-7(2)13-6-8(10)11/h7H,3-6H2,1-2H3/t7-/m0/s1. The normalized spacial score (nSPS) is 22.3. The van der Waals surface area contributed by atoms with E-state index in [2.05, 4.69) is 0 Å². The van der Waals surface area contributed by atoms with E-state index in [0.29, 0.717) is 19.4 Å². The van der Waals surface area contributed by atoms with Crippen molar-refractivity contribution in [1.82, 2.24) is 5.06 Å². The fourth-order valence-corrected chi connectivity index (χ4v) is 1.13. The first-order chi connectivity index (χ1) is 6.63. The summed E-state index contributed by atoms with van der Waals surface area (Å²) in [5.41, 5.74) is 0. The fraction of sp³-hybridized carbons (Fsp3) is 0.778. The van der Waals surface area contributed by atoms with E-state index >= 15 is 0 Å². The maximum Gasteiger partial charge on any atom is 0.332 e. The van der Waals surface area contributed by atoms with Crippen LogP contribution in [0, 0.1) is 0 Å². The predicted molar refractivity (Wildman–Crippen MR) is 48.1 cm³/mol. The number of carbonyl (C=O) groups is 2. The van der Waals surface area contributed by atoms with Crippen LogP contribution in [0.1, 0.15) is 26.7 Å². The first-order valence-corrected chi connectivity index (χ1v) is 4.76. The predicted octanol–water partition coefficient (Wildman–Crippen LogP) is 0.492. The minimum absolute atomic E-state index is 0.0133. The number of hydrogen-bond acceptors (Lipinski definition) is 4. The summed E-state index contributed by atoms with van der Waals surface area (Å²) in [4.78, 5) is 27.2. The third-order valence-corrected chi connectivity index (χ3v) is 1.86. The van der Waals surface area contributed by atoms with Gasteiger partial charge in [-0.1, -0.05) is 6.92 Å². The number of rotatable bonds is 3. The number of morpholine rings is 1. The molecule has 0 N–H and O–H groups in total. The number of hydroxylamine groups is 2. The maximum absolute atomic E-state index is 11.2. The van der Waals surface area contributed by atoms with Gasteiger partial charge in [-0.05, 0) is 13.3 Å². The zero-order valence-corrected chi connectivity index (χ0v) is 8.49. The van der Waals surface area contributed by atoms with Gasteiger partial charge in [0.15, 0.2) is 0 Å². The molecule has 1 atom stereocenters. The maximum atomic E-state index is 11.2. The van der Waals surface area contributed by atoms with Crippen LogP contribution in [-0.4, -0.2) is 36.2 Å². The van der Waals surface area contributed by atoms with E-state index in [1.165, 1.54) is 0 Å². The molecule has 1 saturated heterocycles. The average molecular weight is 201 g/mol. The Hall–Kier alpha value is -1.10. The van der Waals surface area contributed by atoms with Crippen LogP contribution in [-0.2, 0) is 19.2 Å². The molecule has 0 aromatic carbocycles. The summed E-state index contributed by atoms with van der Waals surface area (Å²) in [5.74, 6) is -0.664. The average Bonchev–Trinajstić information content (AvgIpc) is 2.12. The van der Waals surface area contributed by atoms with Crippen molar-refractivity contribution in [2.24, 2.45) is 0 Å². The van der Waals surface area contributed by atoms with Gasteiger partial charge in [-0.3, -0.25) is 4.79 Å². The van der Waals surface area contributed by atoms with Crippen LogP contribution in [0.5, 0.6) is 0 Å². The van der Waals surface area contributed by atoms with Crippen molar-refractivity contribution in [3.63, 3.8) is 0 Å². The Kier molecular flexibility index (Phi) is 3.88. The van der Waals surface area contributed by atoms with Crippen molar-refractivity contribution in [1.29, 1.82) is 0 Å². The molecular formula is C9H15NO4. The van der Waals surface area contributed by atoms with Crippen LogP contribution in [0.15, 0.2) is 0 Å². The molecular weight excluding hydrogens is 186 g/mol. The SMILES string of the molecule is CCCC(=O)ON1C[C@H](C)OCC1=O. The molecule has 14 heavy (non-hydrogen) atoms. The first kappa shape index (κ1) is 11.0. The number of amides is 1. The number of carbonyl (C=O) groups excluding carboxylic acids is 2. The Morgan fingerprint density at radius 2 is 2.43 bits per heavy atom. The fourth-order valence-electron chi connectivity index (χ4n) is 1.13. The second kappa shape index (κ2) is 4.95. The van der Waals surface area contributed by atoms with E-state index < -0.39 is 0 Å². The molecule has 0 radical (unpaired) electrons. The summed E-state index contributed by atoms with van der Waals surface area (Å²) in [6.07, 6.45) is 0.966. The van der Waals surface area contributed by atoms with Gasteiger partial charge in [-0.2, -0.15) is 5.06 Å². The molecule has 1 fully saturated rings. The van der Waals surface area contributed by atoms with Crippen LogP contribution in [0.2, 0.25) is 0 Å². The zero-order valence-electron chi connectivity index (χ0n) is 8.49. The lowest BCUT2D eigenvalue weighted by molar-refractivity contribution is -0.216. The van der Waals surface area contributed by atoms with Crippen molar-refractivity contribution >= 4 is 11.9 Å². The highest BCUT2D eigenvalue weighted by Crippen LogP contribution is 2.07. The minimum Gasteiger partial charge on any atom is -0.367 e. The third kappa shape index (κ3) is 2.99. The van der Waals surface area contributed by atoms with Crippen LogP contribution in [0.3, 0.4) is 0 Å². The van der Waals surface area contributed by atoms with Crippen LogP contribution < -0.4 is 0 Å². The first-order valence-electron chi connectivity index (χ1n) is 4.76. The molecule has 1 aliphatic heterocycles. The topological polar surface area (TPSA) is 55.8 Å². The van der Waals surface area contributed by atoms with E-state index in [0.717, 1.165) is 5.06 Å². The highest BCUT2D eigenvalue weighted by atomic mass is 16.7. The highest BCUT2D eigenvalue weighted by molar-refractivity contribution is 5.79. The molecule has 0 aliphatic carbocycles. The highest BCUT2D eigenvalue weighted by Gasteiger charge is 2.26. The smallest absolute Gasteiger partial charge is 0.332 e. The lowest BCUT2D eigenvalue weighted by atomic mass is 10.3.